The monoisotopic (exact) mass is 375 g/mol. The Balaban J connectivity index is 0.00000225. The number of rotatable bonds is 7. The van der Waals surface area contributed by atoms with E-state index >= 15 is 0 Å². The molecule has 0 amide bonds. The van der Waals surface area contributed by atoms with E-state index in [4.69, 9.17) is 0 Å². The molecular weight excluding hydrogens is 351 g/mol. The van der Waals surface area contributed by atoms with Crippen LogP contribution in [0.5, 0.6) is 0 Å². The van der Waals surface area contributed by atoms with Crippen molar-refractivity contribution in [2.24, 2.45) is 5.92 Å². The van der Waals surface area contributed by atoms with E-state index in [-0.39, 0.29) is 41.9 Å². The Bertz CT molecular complexity index is 752. The van der Waals surface area contributed by atoms with Gasteiger partial charge in [0.15, 0.2) is 0 Å². The van der Waals surface area contributed by atoms with Gasteiger partial charge in [0.25, 0.3) is 10.1 Å². The normalized spacial score (nSPS) is 22.4. The van der Waals surface area contributed by atoms with Crippen molar-refractivity contribution < 1.29 is 22.9 Å². The topological polar surface area (TPSA) is 91.7 Å². The molecule has 25 heavy (non-hydrogen) atoms. The average Bonchev–Trinajstić information content (AvgIpc) is 3.38. The third-order valence-corrected chi connectivity index (χ3v) is 7.49. The van der Waals surface area contributed by atoms with Gasteiger partial charge in [-0.3, -0.25) is 9.35 Å². The van der Waals surface area contributed by atoms with Gasteiger partial charge in [-0.2, -0.15) is 8.42 Å². The zero-order valence-corrected chi connectivity index (χ0v) is 14.6. The Morgan fingerprint density at radius 2 is 1.72 bits per heavy atom. The van der Waals surface area contributed by atoms with Crippen molar-refractivity contribution in [1.82, 2.24) is 0 Å². The Morgan fingerprint density at radius 1 is 1.20 bits per heavy atom. The van der Waals surface area contributed by atoms with Crippen LogP contribution in [0.25, 0.3) is 0 Å². The van der Waals surface area contributed by atoms with Gasteiger partial charge in [0.05, 0.1) is 0 Å². The number of carboxylic acid groups (broad SMARTS) is 1. The van der Waals surface area contributed by atoms with Crippen molar-refractivity contribution in [3.8, 4) is 0 Å². The molecule has 0 bridgehead atoms. The summed E-state index contributed by atoms with van der Waals surface area (Å²) in [5.41, 5.74) is -0.104. The Hall–Kier alpha value is -0.400. The van der Waals surface area contributed by atoms with Crippen LogP contribution in [-0.2, 0) is 20.3 Å². The van der Waals surface area contributed by atoms with Crippen LogP contribution in [0.3, 0.4) is 0 Å². The molecule has 2 N–H and O–H groups in total. The van der Waals surface area contributed by atoms with Gasteiger partial charge in [0, 0.05) is 0 Å². The van der Waals surface area contributed by atoms with E-state index in [2.05, 4.69) is 6.92 Å². The predicted molar refractivity (Wildman–Crippen MR) is 97.5 cm³/mol. The molecule has 5 nitrogen and oxygen atoms in total. The van der Waals surface area contributed by atoms with Crippen molar-refractivity contribution in [1.29, 1.82) is 0 Å². The maximum atomic E-state index is 12.4. The van der Waals surface area contributed by atoms with E-state index in [0.717, 1.165) is 18.4 Å². The first-order valence-corrected chi connectivity index (χ1v) is 9.72. The summed E-state index contributed by atoms with van der Waals surface area (Å²) in [5.74, 6) is -1.01. The van der Waals surface area contributed by atoms with Crippen molar-refractivity contribution in [3.63, 3.8) is 0 Å². The molecule has 3 rings (SSSR count). The Labute approximate surface area is 171 Å². The van der Waals surface area contributed by atoms with Crippen LogP contribution in [-0.4, -0.2) is 58.4 Å². The van der Waals surface area contributed by atoms with Gasteiger partial charge in [0.1, 0.15) is 10.2 Å². The van der Waals surface area contributed by atoms with Crippen LogP contribution in [0.15, 0.2) is 24.3 Å². The first-order valence-electron chi connectivity index (χ1n) is 8.28. The number of hydrogen-bond acceptors (Lipinski definition) is 3. The van der Waals surface area contributed by atoms with Gasteiger partial charge in [-0.25, -0.2) is 0 Å². The fraction of sp³-hybridized carbons (Fsp3) is 0.556. The summed E-state index contributed by atoms with van der Waals surface area (Å²) < 4.78 is 32.4. The van der Waals surface area contributed by atoms with Crippen LogP contribution in [0.2, 0.25) is 0 Å². The van der Waals surface area contributed by atoms with E-state index in [0.29, 0.717) is 24.3 Å². The molecule has 2 aliphatic carbocycles. The van der Waals surface area contributed by atoms with Gasteiger partial charge in [-0.05, 0) is 62.0 Å². The maximum absolute atomic E-state index is 12.4. The number of aliphatic carboxylic acids is 1. The molecule has 2 aliphatic rings. The summed E-state index contributed by atoms with van der Waals surface area (Å²) in [7, 11) is -4.63. The second-order valence-corrected chi connectivity index (χ2v) is 9.09. The fourth-order valence-electron chi connectivity index (χ4n) is 3.98. The van der Waals surface area contributed by atoms with Crippen molar-refractivity contribution in [2.75, 3.05) is 0 Å². The van der Waals surface area contributed by atoms with E-state index in [1.54, 1.807) is 12.1 Å². The third kappa shape index (κ3) is 3.21. The summed E-state index contributed by atoms with van der Waals surface area (Å²) in [4.78, 5) is 12.4. The molecular formula is C18H24NaO5S. The molecule has 0 aliphatic heterocycles. The molecule has 2 atom stereocenters. The first kappa shape index (κ1) is 20.9. The number of carboxylic acids is 1. The summed E-state index contributed by atoms with van der Waals surface area (Å²) >= 11 is 0. The Morgan fingerprint density at radius 3 is 2.04 bits per heavy atom. The quantitative estimate of drug-likeness (QED) is 0.564. The van der Waals surface area contributed by atoms with Crippen molar-refractivity contribution >= 4 is 45.6 Å². The standard InChI is InChI=1S/C18H23O5S.Na.H/c1-3-17(2,24(21,22)23)18(16(19)20,15-10-11-15)14-8-6-13(7-9-14)12-4-5-12;;/h6-9,12,15H,1,3-5,10-11H2,2H3,(H,19,20)(H,21,22,23);;/t17?,18-;;/m0../s1. The van der Waals surface area contributed by atoms with Crippen LogP contribution in [0.1, 0.15) is 56.1 Å². The molecule has 1 radical (unpaired) electrons. The van der Waals surface area contributed by atoms with Crippen LogP contribution >= 0.6 is 0 Å². The third-order valence-electron chi connectivity index (χ3n) is 5.82. The summed E-state index contributed by atoms with van der Waals surface area (Å²) in [6.07, 6.45) is 3.30. The summed E-state index contributed by atoms with van der Waals surface area (Å²) in [6.45, 7) is 4.96. The number of carbonyl (C=O) groups is 1. The average molecular weight is 375 g/mol. The van der Waals surface area contributed by atoms with E-state index in [1.807, 2.05) is 12.1 Å². The van der Waals surface area contributed by atoms with Gasteiger partial charge < -0.3 is 5.11 Å². The van der Waals surface area contributed by atoms with E-state index < -0.39 is 26.2 Å². The first-order chi connectivity index (χ1) is 11.2. The van der Waals surface area contributed by atoms with Crippen LogP contribution < -0.4 is 0 Å². The molecule has 133 valence electrons. The van der Waals surface area contributed by atoms with Gasteiger partial charge >= 0.3 is 35.5 Å². The molecule has 1 unspecified atom stereocenters. The molecule has 7 heteroatoms. The second-order valence-electron chi connectivity index (χ2n) is 7.24. The van der Waals surface area contributed by atoms with Crippen LogP contribution in [0, 0.1) is 12.8 Å². The van der Waals surface area contributed by atoms with Gasteiger partial charge in [-0.1, -0.05) is 31.2 Å². The van der Waals surface area contributed by atoms with E-state index in [1.165, 1.54) is 6.92 Å². The molecule has 0 heterocycles. The zero-order chi connectivity index (χ0) is 17.8. The molecule has 0 saturated heterocycles. The molecule has 0 spiro atoms. The minimum absolute atomic E-state index is 0. The molecule has 2 fully saturated rings. The number of benzene rings is 1. The summed E-state index contributed by atoms with van der Waals surface area (Å²) in [6, 6.07) is 7.22. The molecule has 1 aromatic carbocycles. The van der Waals surface area contributed by atoms with Crippen molar-refractivity contribution in [2.45, 2.75) is 55.1 Å². The summed E-state index contributed by atoms with van der Waals surface area (Å²) in [5, 5.41) is 10.1. The van der Waals surface area contributed by atoms with Crippen molar-refractivity contribution in [3.05, 3.63) is 42.3 Å². The van der Waals surface area contributed by atoms with Gasteiger partial charge in [0.2, 0.25) is 0 Å². The Kier molecular flexibility index (Phi) is 5.82. The minimum atomic E-state index is -4.63. The fourth-order valence-corrected chi connectivity index (χ4v) is 5.01. The SMILES string of the molecule is [CH2]CC(C)([C@@](C(=O)O)(c1ccc(C2CC2)cc1)C1CC1)S(=O)(=O)O.[NaH]. The van der Waals surface area contributed by atoms with E-state index in [9.17, 15) is 22.9 Å². The molecule has 0 aromatic heterocycles. The molecule has 1 aromatic rings. The molecule has 2 saturated carbocycles. The van der Waals surface area contributed by atoms with Crippen LogP contribution in [0.4, 0.5) is 0 Å². The number of hydrogen-bond donors (Lipinski definition) is 2. The van der Waals surface area contributed by atoms with Gasteiger partial charge in [-0.15, -0.1) is 0 Å². The second kappa shape index (κ2) is 6.97. The predicted octanol–water partition coefficient (Wildman–Crippen LogP) is 2.52. The zero-order valence-electron chi connectivity index (χ0n) is 13.7.